The summed E-state index contributed by atoms with van der Waals surface area (Å²) < 4.78 is 6.93. The van der Waals surface area contributed by atoms with Crippen molar-refractivity contribution in [3.8, 4) is 22.6 Å². The number of hydrogen-bond donors (Lipinski definition) is 0. The molecular formula is C43H28N2O. The second-order valence-electron chi connectivity index (χ2n) is 12.4. The maximum absolute atomic E-state index is 6.93. The lowest BCUT2D eigenvalue weighted by molar-refractivity contribution is 0.435. The Kier molecular flexibility index (Phi) is 5.32. The van der Waals surface area contributed by atoms with Gasteiger partial charge in [-0.15, -0.1) is 0 Å². The maximum Gasteiger partial charge on any atom is 0.140 e. The summed E-state index contributed by atoms with van der Waals surface area (Å²) in [6, 6.07) is 45.7. The van der Waals surface area contributed by atoms with Crippen LogP contribution in [0.2, 0.25) is 0 Å². The highest BCUT2D eigenvalue weighted by Crippen LogP contribution is 2.62. The van der Waals surface area contributed by atoms with E-state index in [1.165, 1.54) is 33.4 Å². The van der Waals surface area contributed by atoms with Gasteiger partial charge in [0.05, 0.1) is 16.4 Å². The molecule has 5 aromatic carbocycles. The Hall–Kier alpha value is -5.80. The zero-order valence-electron chi connectivity index (χ0n) is 25.0. The summed E-state index contributed by atoms with van der Waals surface area (Å²) in [4.78, 5) is 9.89. The Bertz CT molecular complexity index is 2410. The van der Waals surface area contributed by atoms with Gasteiger partial charge in [-0.3, -0.25) is 4.98 Å². The molecule has 0 amide bonds. The van der Waals surface area contributed by atoms with Gasteiger partial charge in [0, 0.05) is 45.3 Å². The third kappa shape index (κ3) is 3.43. The molecule has 0 bridgehead atoms. The van der Waals surface area contributed by atoms with E-state index in [4.69, 9.17) is 9.72 Å². The lowest BCUT2D eigenvalue weighted by Crippen LogP contribution is -2.32. The fourth-order valence-corrected chi connectivity index (χ4v) is 8.12. The molecular weight excluding hydrogens is 560 g/mol. The van der Waals surface area contributed by atoms with Gasteiger partial charge in [-0.05, 0) is 52.4 Å². The molecule has 3 heteroatoms. The first-order valence-electron chi connectivity index (χ1n) is 15.9. The predicted octanol–water partition coefficient (Wildman–Crippen LogP) is 10.4. The molecule has 3 aliphatic rings. The lowest BCUT2D eigenvalue weighted by atomic mass is 9.65. The highest BCUT2D eigenvalue weighted by molar-refractivity contribution is 6.02. The summed E-state index contributed by atoms with van der Waals surface area (Å²) in [5.74, 6) is 1.96. The number of rotatable bonds is 2. The van der Waals surface area contributed by atoms with Crippen LogP contribution in [0.1, 0.15) is 45.8 Å². The fraction of sp³-hybridized carbons (Fsp3) is 0.0698. The molecule has 46 heavy (non-hydrogen) atoms. The Morgan fingerprint density at radius 2 is 1.26 bits per heavy atom. The van der Waals surface area contributed by atoms with Gasteiger partial charge in [-0.1, -0.05) is 127 Å². The monoisotopic (exact) mass is 588 g/mol. The molecule has 2 aliphatic carbocycles. The Balaban J connectivity index is 1.17. The minimum Gasteiger partial charge on any atom is -0.456 e. The molecule has 0 saturated carbocycles. The van der Waals surface area contributed by atoms with Crippen LogP contribution >= 0.6 is 0 Å². The van der Waals surface area contributed by atoms with Crippen LogP contribution < -0.4 is 4.74 Å². The second kappa shape index (κ2) is 9.60. The first-order valence-corrected chi connectivity index (χ1v) is 15.9. The summed E-state index contributed by atoms with van der Waals surface area (Å²) >= 11 is 0. The van der Waals surface area contributed by atoms with E-state index >= 15 is 0 Å². The average Bonchev–Trinajstić information content (AvgIpc) is 3.42. The van der Waals surface area contributed by atoms with Gasteiger partial charge in [0.15, 0.2) is 0 Å². The van der Waals surface area contributed by atoms with Crippen molar-refractivity contribution in [3.63, 3.8) is 0 Å². The van der Waals surface area contributed by atoms with Crippen LogP contribution in [-0.2, 0) is 5.41 Å². The first-order chi connectivity index (χ1) is 22.8. The van der Waals surface area contributed by atoms with Gasteiger partial charge in [0.2, 0.25) is 0 Å². The van der Waals surface area contributed by atoms with Gasteiger partial charge >= 0.3 is 0 Å². The minimum absolute atomic E-state index is 0.136. The summed E-state index contributed by atoms with van der Waals surface area (Å²) in [7, 11) is 0. The van der Waals surface area contributed by atoms with Crippen molar-refractivity contribution in [2.24, 2.45) is 0 Å². The Labute approximate surface area is 267 Å². The van der Waals surface area contributed by atoms with Crippen LogP contribution in [0.15, 0.2) is 152 Å². The normalized spacial score (nSPS) is 16.8. The van der Waals surface area contributed by atoms with Crippen molar-refractivity contribution in [1.82, 2.24) is 9.97 Å². The lowest BCUT2D eigenvalue weighted by Gasteiger charge is -2.40. The van der Waals surface area contributed by atoms with Crippen LogP contribution in [0, 0.1) is 0 Å². The topological polar surface area (TPSA) is 35.0 Å². The van der Waals surface area contributed by atoms with Gasteiger partial charge in [0.1, 0.15) is 11.5 Å². The molecule has 0 N–H and O–H groups in total. The minimum atomic E-state index is -0.473. The van der Waals surface area contributed by atoms with Crippen LogP contribution in [0.4, 0.5) is 0 Å². The van der Waals surface area contributed by atoms with Crippen LogP contribution in [0.5, 0.6) is 11.5 Å². The SMILES string of the molecule is C1=CC(c2cccc3c2Oc2ccccc2C32c3ccccc3-c3ccccc32)=CC(c2ccc3ccc4cccnc4c3n2)C1. The molecule has 0 fully saturated rings. The molecule has 3 nitrogen and oxygen atoms in total. The molecule has 1 atom stereocenters. The third-order valence-corrected chi connectivity index (χ3v) is 10.1. The van der Waals surface area contributed by atoms with E-state index in [1.807, 2.05) is 12.3 Å². The molecule has 216 valence electrons. The average molecular weight is 589 g/mol. The van der Waals surface area contributed by atoms with E-state index in [1.54, 1.807) is 0 Å². The van der Waals surface area contributed by atoms with E-state index in [-0.39, 0.29) is 5.92 Å². The second-order valence-corrected chi connectivity index (χ2v) is 12.4. The number of para-hydroxylation sites is 2. The third-order valence-electron chi connectivity index (χ3n) is 10.1. The van der Waals surface area contributed by atoms with Gasteiger partial charge in [-0.25, -0.2) is 4.98 Å². The predicted molar refractivity (Wildman–Crippen MR) is 185 cm³/mol. The zero-order chi connectivity index (χ0) is 30.2. The highest BCUT2D eigenvalue weighted by Gasteiger charge is 2.51. The summed E-state index contributed by atoms with van der Waals surface area (Å²) in [5.41, 5.74) is 12.3. The van der Waals surface area contributed by atoms with E-state index in [0.29, 0.717) is 0 Å². The molecule has 1 spiro atoms. The largest absolute Gasteiger partial charge is 0.456 e. The summed E-state index contributed by atoms with van der Waals surface area (Å²) in [6.45, 7) is 0. The maximum atomic E-state index is 6.93. The number of nitrogens with zero attached hydrogens (tertiary/aromatic N) is 2. The molecule has 2 aromatic heterocycles. The van der Waals surface area contributed by atoms with Gasteiger partial charge < -0.3 is 4.74 Å². The van der Waals surface area contributed by atoms with Crippen LogP contribution in [0.3, 0.4) is 0 Å². The molecule has 0 saturated heterocycles. The number of hydrogen-bond acceptors (Lipinski definition) is 3. The first kappa shape index (κ1) is 25.5. The van der Waals surface area contributed by atoms with E-state index in [0.717, 1.165) is 56.6 Å². The zero-order valence-corrected chi connectivity index (χ0v) is 25.0. The van der Waals surface area contributed by atoms with Gasteiger partial charge in [0.25, 0.3) is 0 Å². The number of ether oxygens (including phenoxy) is 1. The summed E-state index contributed by atoms with van der Waals surface area (Å²) in [6.07, 6.45) is 9.64. The number of pyridine rings is 2. The highest BCUT2D eigenvalue weighted by atomic mass is 16.5. The van der Waals surface area contributed by atoms with Crippen molar-refractivity contribution >= 4 is 27.4 Å². The van der Waals surface area contributed by atoms with Crippen LogP contribution in [-0.4, -0.2) is 9.97 Å². The van der Waals surface area contributed by atoms with Crippen molar-refractivity contribution < 1.29 is 4.74 Å². The molecule has 1 aliphatic heterocycles. The Morgan fingerprint density at radius 1 is 0.587 bits per heavy atom. The van der Waals surface area contributed by atoms with E-state index < -0.39 is 5.41 Å². The fourth-order valence-electron chi connectivity index (χ4n) is 8.12. The Morgan fingerprint density at radius 3 is 2.09 bits per heavy atom. The van der Waals surface area contributed by atoms with Crippen molar-refractivity contribution in [1.29, 1.82) is 0 Å². The number of allylic oxidation sites excluding steroid dienone is 4. The molecule has 3 heterocycles. The van der Waals surface area contributed by atoms with Crippen molar-refractivity contribution in [3.05, 3.63) is 185 Å². The summed E-state index contributed by atoms with van der Waals surface area (Å²) in [5, 5.41) is 2.22. The quantitative estimate of drug-likeness (QED) is 0.189. The van der Waals surface area contributed by atoms with Crippen molar-refractivity contribution in [2.75, 3.05) is 0 Å². The van der Waals surface area contributed by atoms with Crippen molar-refractivity contribution in [2.45, 2.75) is 17.8 Å². The smallest absolute Gasteiger partial charge is 0.140 e. The number of benzene rings is 5. The number of fused-ring (bicyclic) bond motifs is 12. The van der Waals surface area contributed by atoms with Gasteiger partial charge in [-0.2, -0.15) is 0 Å². The molecule has 0 radical (unpaired) electrons. The molecule has 7 aromatic rings. The van der Waals surface area contributed by atoms with Crippen LogP contribution in [0.25, 0.3) is 38.5 Å². The van der Waals surface area contributed by atoms with E-state index in [9.17, 15) is 0 Å². The van der Waals surface area contributed by atoms with E-state index in [2.05, 4.69) is 145 Å². The molecule has 10 rings (SSSR count). The standard InChI is InChI=1S/C43H28N2O/c1-3-16-34-32(13-1)33-14-2-4-17-35(33)43(34)36-18-5-6-20-39(36)46-42-31(15-8-19-37(42)43)29-10-7-11-30(26-29)38-24-23-28-22-21-27-12-9-25-44-40(27)41(28)45-38/h1-10,12-26,30H,11H2. The molecule has 1 unspecified atom stereocenters. The number of aromatic nitrogens is 2.